The van der Waals surface area contributed by atoms with E-state index in [1.165, 1.54) is 5.56 Å². The van der Waals surface area contributed by atoms with Crippen LogP contribution in [-0.4, -0.2) is 11.0 Å². The van der Waals surface area contributed by atoms with Crippen LogP contribution in [0.3, 0.4) is 0 Å². The molecule has 2 rings (SSSR count). The Hall–Kier alpha value is -2.62. The second-order valence-electron chi connectivity index (χ2n) is 4.44. The predicted molar refractivity (Wildman–Crippen MR) is 79.8 cm³/mol. The van der Waals surface area contributed by atoms with Crippen LogP contribution in [0, 0.1) is 6.92 Å². The zero-order valence-corrected chi connectivity index (χ0v) is 11.3. The Balaban J connectivity index is 1.78. The number of aromatic nitrogens is 1. The van der Waals surface area contributed by atoms with Crippen molar-refractivity contribution in [3.8, 4) is 0 Å². The normalized spacial score (nSPS) is 10.4. The fraction of sp³-hybridized carbons (Fsp3) is 0.125. The van der Waals surface area contributed by atoms with Gasteiger partial charge in [0.1, 0.15) is 0 Å². The van der Waals surface area contributed by atoms with E-state index in [-0.39, 0.29) is 6.03 Å². The molecule has 0 aliphatic carbocycles. The Morgan fingerprint density at radius 1 is 1.30 bits per heavy atom. The van der Waals surface area contributed by atoms with Gasteiger partial charge in [-0.3, -0.25) is 4.98 Å². The zero-order chi connectivity index (χ0) is 14.2. The molecule has 4 nitrogen and oxygen atoms in total. The van der Waals surface area contributed by atoms with Gasteiger partial charge in [0.05, 0.1) is 0 Å². The van der Waals surface area contributed by atoms with Crippen LogP contribution < -0.4 is 10.6 Å². The molecule has 1 aromatic carbocycles. The van der Waals surface area contributed by atoms with Crippen LogP contribution in [0.4, 0.5) is 4.79 Å². The molecular weight excluding hydrogens is 250 g/mol. The Bertz CT molecular complexity index is 594. The number of hydrogen-bond donors (Lipinski definition) is 2. The van der Waals surface area contributed by atoms with Gasteiger partial charge in [0.15, 0.2) is 0 Å². The average Bonchev–Trinajstić information content (AvgIpc) is 2.46. The third-order valence-electron chi connectivity index (χ3n) is 2.71. The molecule has 4 heteroatoms. The van der Waals surface area contributed by atoms with Gasteiger partial charge in [0.25, 0.3) is 0 Å². The number of urea groups is 1. The lowest BCUT2D eigenvalue weighted by atomic mass is 10.1. The minimum absolute atomic E-state index is 0.238. The third kappa shape index (κ3) is 4.57. The Labute approximate surface area is 118 Å². The summed E-state index contributed by atoms with van der Waals surface area (Å²) >= 11 is 0. The summed E-state index contributed by atoms with van der Waals surface area (Å²) in [5.41, 5.74) is 3.20. The van der Waals surface area contributed by atoms with Gasteiger partial charge in [0.2, 0.25) is 0 Å². The van der Waals surface area contributed by atoms with Crippen molar-refractivity contribution in [1.82, 2.24) is 15.6 Å². The Morgan fingerprint density at radius 3 is 2.95 bits per heavy atom. The molecule has 0 saturated heterocycles. The van der Waals surface area contributed by atoms with E-state index in [0.717, 1.165) is 11.1 Å². The smallest absolute Gasteiger partial charge is 0.319 e. The van der Waals surface area contributed by atoms with Crippen molar-refractivity contribution in [3.05, 3.63) is 71.7 Å². The van der Waals surface area contributed by atoms with Crippen molar-refractivity contribution < 1.29 is 4.79 Å². The maximum Gasteiger partial charge on any atom is 0.319 e. The highest BCUT2D eigenvalue weighted by molar-refractivity contribution is 5.75. The summed E-state index contributed by atoms with van der Waals surface area (Å²) in [7, 11) is 0. The first-order chi connectivity index (χ1) is 9.74. The maximum atomic E-state index is 11.6. The van der Waals surface area contributed by atoms with E-state index in [1.54, 1.807) is 18.6 Å². The number of pyridine rings is 1. The summed E-state index contributed by atoms with van der Waals surface area (Å²) in [6.07, 6.45) is 6.92. The monoisotopic (exact) mass is 267 g/mol. The first-order valence-electron chi connectivity index (χ1n) is 6.40. The molecule has 2 aromatic rings. The van der Waals surface area contributed by atoms with Crippen molar-refractivity contribution in [1.29, 1.82) is 0 Å². The number of carbonyl (C=O) groups excluding carboxylic acids is 1. The number of aryl methyl sites for hydroxylation is 1. The minimum Gasteiger partial charge on any atom is -0.334 e. The molecule has 0 unspecified atom stereocenters. The molecule has 1 aromatic heterocycles. The molecule has 0 radical (unpaired) electrons. The molecule has 2 amide bonds. The van der Waals surface area contributed by atoms with Crippen LogP contribution in [0.5, 0.6) is 0 Å². The van der Waals surface area contributed by atoms with E-state index in [1.807, 2.05) is 49.4 Å². The second kappa shape index (κ2) is 7.09. The summed E-state index contributed by atoms with van der Waals surface area (Å²) in [4.78, 5) is 15.6. The number of hydrogen-bond acceptors (Lipinski definition) is 2. The molecule has 0 bridgehead atoms. The van der Waals surface area contributed by atoms with Crippen LogP contribution in [0.2, 0.25) is 0 Å². The first-order valence-corrected chi connectivity index (χ1v) is 6.40. The average molecular weight is 267 g/mol. The number of nitrogens with zero attached hydrogens (tertiary/aromatic N) is 1. The highest BCUT2D eigenvalue weighted by atomic mass is 16.2. The van der Waals surface area contributed by atoms with Crippen LogP contribution in [0.15, 0.2) is 55.0 Å². The standard InChI is InChI=1S/C16H17N3O/c1-13-4-2-5-14(10-13)7-9-18-16(20)19-12-15-6-3-8-17-11-15/h2-11H,12H2,1H3,(H2,18,19,20)/b9-7+. The number of carbonyl (C=O) groups is 1. The molecule has 0 aliphatic heterocycles. The number of amides is 2. The van der Waals surface area contributed by atoms with E-state index in [9.17, 15) is 4.79 Å². The summed E-state index contributed by atoms with van der Waals surface area (Å²) in [6.45, 7) is 2.49. The van der Waals surface area contributed by atoms with Crippen molar-refractivity contribution >= 4 is 12.1 Å². The molecule has 0 saturated carbocycles. The molecule has 20 heavy (non-hydrogen) atoms. The van der Waals surface area contributed by atoms with Gasteiger partial charge < -0.3 is 10.6 Å². The molecule has 0 spiro atoms. The fourth-order valence-electron chi connectivity index (χ4n) is 1.72. The molecule has 0 fully saturated rings. The van der Waals surface area contributed by atoms with E-state index in [2.05, 4.69) is 15.6 Å². The van der Waals surface area contributed by atoms with E-state index in [0.29, 0.717) is 6.54 Å². The predicted octanol–water partition coefficient (Wildman–Crippen LogP) is 2.86. The highest BCUT2D eigenvalue weighted by Crippen LogP contribution is 2.04. The third-order valence-corrected chi connectivity index (χ3v) is 2.71. The van der Waals surface area contributed by atoms with Gasteiger partial charge in [-0.05, 0) is 30.2 Å². The second-order valence-corrected chi connectivity index (χ2v) is 4.44. The molecule has 0 atom stereocenters. The topological polar surface area (TPSA) is 54.0 Å². The first kappa shape index (κ1) is 13.8. The molecule has 0 aliphatic rings. The summed E-state index contributed by atoms with van der Waals surface area (Å²) in [5.74, 6) is 0. The van der Waals surface area contributed by atoms with Gasteiger partial charge in [-0.15, -0.1) is 0 Å². The molecular formula is C16H17N3O. The van der Waals surface area contributed by atoms with E-state index >= 15 is 0 Å². The van der Waals surface area contributed by atoms with Crippen LogP contribution in [0.25, 0.3) is 6.08 Å². The largest absolute Gasteiger partial charge is 0.334 e. The van der Waals surface area contributed by atoms with Gasteiger partial charge in [-0.25, -0.2) is 4.79 Å². The van der Waals surface area contributed by atoms with Crippen molar-refractivity contribution in [3.63, 3.8) is 0 Å². The summed E-state index contributed by atoms with van der Waals surface area (Å²) in [5, 5.41) is 5.43. The van der Waals surface area contributed by atoms with E-state index < -0.39 is 0 Å². The van der Waals surface area contributed by atoms with Gasteiger partial charge >= 0.3 is 6.03 Å². The fourth-order valence-corrected chi connectivity index (χ4v) is 1.72. The van der Waals surface area contributed by atoms with Crippen molar-refractivity contribution in [2.45, 2.75) is 13.5 Å². The lowest BCUT2D eigenvalue weighted by Crippen LogP contribution is -2.31. The van der Waals surface area contributed by atoms with Crippen LogP contribution in [-0.2, 0) is 6.54 Å². The van der Waals surface area contributed by atoms with Gasteiger partial charge in [-0.1, -0.05) is 35.9 Å². The van der Waals surface area contributed by atoms with Crippen molar-refractivity contribution in [2.24, 2.45) is 0 Å². The van der Waals surface area contributed by atoms with Crippen molar-refractivity contribution in [2.75, 3.05) is 0 Å². The number of nitrogens with one attached hydrogen (secondary N) is 2. The molecule has 1 heterocycles. The summed E-state index contributed by atoms with van der Waals surface area (Å²) < 4.78 is 0. The summed E-state index contributed by atoms with van der Waals surface area (Å²) in [6, 6.07) is 11.6. The lowest BCUT2D eigenvalue weighted by molar-refractivity contribution is 0.244. The Kier molecular flexibility index (Phi) is 4.89. The molecule has 2 N–H and O–H groups in total. The number of rotatable bonds is 4. The SMILES string of the molecule is Cc1cccc(/C=C/NC(=O)NCc2cccnc2)c1. The highest BCUT2D eigenvalue weighted by Gasteiger charge is 1.97. The quantitative estimate of drug-likeness (QED) is 0.895. The maximum absolute atomic E-state index is 11.6. The zero-order valence-electron chi connectivity index (χ0n) is 11.3. The van der Waals surface area contributed by atoms with E-state index in [4.69, 9.17) is 0 Å². The van der Waals surface area contributed by atoms with Crippen LogP contribution >= 0.6 is 0 Å². The molecule has 102 valence electrons. The van der Waals surface area contributed by atoms with Gasteiger partial charge in [-0.2, -0.15) is 0 Å². The van der Waals surface area contributed by atoms with Crippen LogP contribution in [0.1, 0.15) is 16.7 Å². The van der Waals surface area contributed by atoms with Gasteiger partial charge in [0, 0.05) is 25.1 Å². The number of benzene rings is 1. The lowest BCUT2D eigenvalue weighted by Gasteiger charge is -2.04. The Morgan fingerprint density at radius 2 is 2.20 bits per heavy atom. The minimum atomic E-state index is -0.238.